The second-order valence-electron chi connectivity index (χ2n) is 7.85. The topological polar surface area (TPSA) is 116 Å². The van der Waals surface area contributed by atoms with Gasteiger partial charge in [0.25, 0.3) is 5.91 Å². The number of nitrogens with one attached hydrogen (secondary N) is 4. The number of hydrogen-bond acceptors (Lipinski definition) is 4. The maximum Gasteiger partial charge on any atom is 0.269 e. The number of fused-ring (bicyclic) bond motifs is 1. The molecule has 0 aliphatic heterocycles. The van der Waals surface area contributed by atoms with Crippen molar-refractivity contribution in [2.45, 2.75) is 31.2 Å². The van der Waals surface area contributed by atoms with Gasteiger partial charge in [-0.1, -0.05) is 42.5 Å². The van der Waals surface area contributed by atoms with Crippen LogP contribution >= 0.6 is 0 Å². The van der Waals surface area contributed by atoms with Crippen molar-refractivity contribution in [2.75, 3.05) is 5.32 Å². The number of carbonyl (C=O) groups excluding carboxylic acids is 2. The molecule has 8 heteroatoms. The highest BCUT2D eigenvalue weighted by Crippen LogP contribution is 2.35. The van der Waals surface area contributed by atoms with Crippen LogP contribution in [-0.2, 0) is 11.2 Å². The molecule has 1 aliphatic carbocycles. The van der Waals surface area contributed by atoms with E-state index in [2.05, 4.69) is 30.6 Å². The van der Waals surface area contributed by atoms with E-state index in [1.807, 2.05) is 42.5 Å². The van der Waals surface area contributed by atoms with Crippen LogP contribution < -0.4 is 10.6 Å². The average Bonchev–Trinajstić information content (AvgIpc) is 3.43. The molecule has 2 amide bonds. The Hall–Kier alpha value is -3.94. The number of carbonyl (C=O) groups is 2. The molecule has 2 heterocycles. The lowest BCUT2D eigenvalue weighted by molar-refractivity contribution is -0.115. The number of H-pyrrole nitrogens is 2. The Labute approximate surface area is 178 Å². The maximum atomic E-state index is 12.6. The lowest BCUT2D eigenvalue weighted by Crippen LogP contribution is -2.43. The first-order valence-corrected chi connectivity index (χ1v) is 10.3. The molecule has 156 valence electrons. The fraction of sp³-hybridized carbons (Fsp3) is 0.217. The number of benzene rings is 2. The van der Waals surface area contributed by atoms with Crippen LogP contribution in [0.15, 0.2) is 61.2 Å². The standard InChI is InChI=1S/C23H22N6O2/c30-21(10-15-6-3-5-14-4-1-2-7-18(14)15)28-20-12-25-22(29-20)16-8-17(9-16)27-23(31)19-11-24-13-26-19/h1-7,11-13,16-17H,8-10H2,(H,24,26)(H,25,29)(H,27,31)(H,28,30). The summed E-state index contributed by atoms with van der Waals surface area (Å²) >= 11 is 0. The summed E-state index contributed by atoms with van der Waals surface area (Å²) in [6.45, 7) is 0. The van der Waals surface area contributed by atoms with Crippen LogP contribution in [0.3, 0.4) is 0 Å². The minimum absolute atomic E-state index is 0.0927. The summed E-state index contributed by atoms with van der Waals surface area (Å²) in [5.41, 5.74) is 1.45. The number of hydrogen-bond donors (Lipinski definition) is 4. The van der Waals surface area contributed by atoms with E-state index in [0.29, 0.717) is 17.9 Å². The van der Waals surface area contributed by atoms with E-state index in [0.717, 1.165) is 35.0 Å². The maximum absolute atomic E-state index is 12.6. The quantitative estimate of drug-likeness (QED) is 0.388. The molecule has 4 N–H and O–H groups in total. The van der Waals surface area contributed by atoms with Crippen LogP contribution in [0.5, 0.6) is 0 Å². The molecule has 0 saturated heterocycles. The lowest BCUT2D eigenvalue weighted by atomic mass is 9.79. The average molecular weight is 414 g/mol. The molecule has 1 fully saturated rings. The van der Waals surface area contributed by atoms with E-state index < -0.39 is 0 Å². The van der Waals surface area contributed by atoms with Gasteiger partial charge in [-0.05, 0) is 29.2 Å². The van der Waals surface area contributed by atoms with Crippen molar-refractivity contribution in [3.8, 4) is 0 Å². The van der Waals surface area contributed by atoms with Crippen molar-refractivity contribution in [1.29, 1.82) is 0 Å². The van der Waals surface area contributed by atoms with Crippen molar-refractivity contribution >= 4 is 28.4 Å². The van der Waals surface area contributed by atoms with Crippen LogP contribution in [0.1, 0.15) is 40.6 Å². The zero-order chi connectivity index (χ0) is 21.2. The first-order valence-electron chi connectivity index (χ1n) is 10.3. The second-order valence-corrected chi connectivity index (χ2v) is 7.85. The number of aromatic nitrogens is 4. The highest BCUT2D eigenvalue weighted by atomic mass is 16.2. The van der Waals surface area contributed by atoms with E-state index in [1.165, 1.54) is 12.5 Å². The van der Waals surface area contributed by atoms with Crippen molar-refractivity contribution in [3.05, 3.63) is 78.3 Å². The van der Waals surface area contributed by atoms with Gasteiger partial charge in [-0.3, -0.25) is 9.59 Å². The van der Waals surface area contributed by atoms with Crippen LogP contribution in [0.4, 0.5) is 5.82 Å². The van der Waals surface area contributed by atoms with E-state index in [-0.39, 0.29) is 23.8 Å². The third-order valence-electron chi connectivity index (χ3n) is 5.70. The van der Waals surface area contributed by atoms with Crippen LogP contribution in [-0.4, -0.2) is 37.8 Å². The van der Waals surface area contributed by atoms with Gasteiger partial charge in [0.1, 0.15) is 17.3 Å². The van der Waals surface area contributed by atoms with Crippen LogP contribution in [0.2, 0.25) is 0 Å². The predicted molar refractivity (Wildman–Crippen MR) is 117 cm³/mol. The number of amides is 2. The van der Waals surface area contributed by atoms with Gasteiger partial charge in [0.05, 0.1) is 25.1 Å². The number of anilines is 1. The van der Waals surface area contributed by atoms with Crippen molar-refractivity contribution < 1.29 is 9.59 Å². The van der Waals surface area contributed by atoms with Gasteiger partial charge in [0.2, 0.25) is 5.91 Å². The minimum Gasteiger partial charge on any atom is -0.348 e. The first-order chi connectivity index (χ1) is 15.2. The van der Waals surface area contributed by atoms with Crippen molar-refractivity contribution in [1.82, 2.24) is 25.3 Å². The number of nitrogens with zero attached hydrogens (tertiary/aromatic N) is 2. The molecule has 5 rings (SSSR count). The number of imidazole rings is 2. The molecule has 0 atom stereocenters. The predicted octanol–water partition coefficient (Wildman–Crippen LogP) is 3.14. The summed E-state index contributed by atoms with van der Waals surface area (Å²) in [5, 5.41) is 8.09. The summed E-state index contributed by atoms with van der Waals surface area (Å²) in [7, 11) is 0. The molecular formula is C23H22N6O2. The molecule has 31 heavy (non-hydrogen) atoms. The van der Waals surface area contributed by atoms with E-state index in [9.17, 15) is 9.59 Å². The molecule has 1 saturated carbocycles. The van der Waals surface area contributed by atoms with Gasteiger partial charge >= 0.3 is 0 Å². The largest absolute Gasteiger partial charge is 0.348 e. The van der Waals surface area contributed by atoms with Crippen LogP contribution in [0.25, 0.3) is 10.8 Å². The Bertz CT molecular complexity index is 1220. The molecular weight excluding hydrogens is 392 g/mol. The summed E-state index contributed by atoms with van der Waals surface area (Å²) in [6, 6.07) is 14.1. The third-order valence-corrected chi connectivity index (χ3v) is 5.70. The Kier molecular flexibility index (Phi) is 4.95. The zero-order valence-corrected chi connectivity index (χ0v) is 16.8. The van der Waals surface area contributed by atoms with Gasteiger partial charge in [-0.15, -0.1) is 0 Å². The van der Waals surface area contributed by atoms with Crippen molar-refractivity contribution in [2.24, 2.45) is 0 Å². The van der Waals surface area contributed by atoms with Gasteiger partial charge in [0.15, 0.2) is 0 Å². The summed E-state index contributed by atoms with van der Waals surface area (Å²) in [4.78, 5) is 38.9. The fourth-order valence-corrected chi connectivity index (χ4v) is 4.02. The third kappa shape index (κ3) is 4.05. The Morgan fingerprint density at radius 2 is 1.90 bits per heavy atom. The lowest BCUT2D eigenvalue weighted by Gasteiger charge is -2.34. The monoisotopic (exact) mass is 414 g/mol. The Morgan fingerprint density at radius 3 is 2.74 bits per heavy atom. The minimum atomic E-state index is -0.151. The summed E-state index contributed by atoms with van der Waals surface area (Å²) in [6.07, 6.45) is 6.53. The van der Waals surface area contributed by atoms with Crippen molar-refractivity contribution in [3.63, 3.8) is 0 Å². The molecule has 2 aromatic heterocycles. The highest BCUT2D eigenvalue weighted by Gasteiger charge is 2.33. The molecule has 0 spiro atoms. The Morgan fingerprint density at radius 1 is 1.06 bits per heavy atom. The highest BCUT2D eigenvalue weighted by molar-refractivity contribution is 5.95. The van der Waals surface area contributed by atoms with Gasteiger partial charge < -0.3 is 20.6 Å². The second kappa shape index (κ2) is 8.06. The molecule has 2 aromatic carbocycles. The van der Waals surface area contributed by atoms with Gasteiger partial charge in [-0.25, -0.2) is 9.97 Å². The first kappa shape index (κ1) is 19.0. The smallest absolute Gasteiger partial charge is 0.269 e. The number of aromatic amines is 2. The van der Waals surface area contributed by atoms with Crippen LogP contribution in [0, 0.1) is 0 Å². The molecule has 0 radical (unpaired) electrons. The normalized spacial score (nSPS) is 17.8. The Balaban J connectivity index is 1.15. The molecule has 0 unspecified atom stereocenters. The summed E-state index contributed by atoms with van der Waals surface area (Å²) in [5.74, 6) is 1.40. The van der Waals surface area contributed by atoms with Gasteiger partial charge in [-0.2, -0.15) is 0 Å². The molecule has 8 nitrogen and oxygen atoms in total. The molecule has 1 aliphatic rings. The molecule has 4 aromatic rings. The summed E-state index contributed by atoms with van der Waals surface area (Å²) < 4.78 is 0. The van der Waals surface area contributed by atoms with Gasteiger partial charge in [0, 0.05) is 12.0 Å². The fourth-order valence-electron chi connectivity index (χ4n) is 4.02. The zero-order valence-electron chi connectivity index (χ0n) is 16.8. The SMILES string of the molecule is O=C(Cc1cccc2ccccc12)Nc1cnc(C2CC(NC(=O)c3cnc[nH]3)C2)[nH]1. The van der Waals surface area contributed by atoms with E-state index >= 15 is 0 Å². The van der Waals surface area contributed by atoms with E-state index in [1.54, 1.807) is 6.20 Å². The number of rotatable bonds is 6. The van der Waals surface area contributed by atoms with E-state index in [4.69, 9.17) is 0 Å². The molecule has 0 bridgehead atoms.